The van der Waals surface area contributed by atoms with Gasteiger partial charge in [-0.05, 0) is 5.56 Å². The van der Waals surface area contributed by atoms with Crippen LogP contribution in [0, 0.1) is 10.1 Å². The van der Waals surface area contributed by atoms with Crippen LogP contribution in [0.2, 0.25) is 0 Å². The summed E-state index contributed by atoms with van der Waals surface area (Å²) in [6.07, 6.45) is 0. The van der Waals surface area contributed by atoms with E-state index in [4.69, 9.17) is 0 Å². The molecule has 1 rings (SSSR count). The number of nitro groups is 1. The fourth-order valence-corrected chi connectivity index (χ4v) is 1.87. The van der Waals surface area contributed by atoms with Gasteiger partial charge < -0.3 is 0 Å². The lowest BCUT2D eigenvalue weighted by Gasteiger charge is -2.15. The zero-order chi connectivity index (χ0) is 9.90. The smallest absolute Gasteiger partial charge is 0.232 e. The van der Waals surface area contributed by atoms with Crippen molar-refractivity contribution in [3.63, 3.8) is 0 Å². The number of halogens is 2. The van der Waals surface area contributed by atoms with Gasteiger partial charge in [0.25, 0.3) is 0 Å². The maximum Gasteiger partial charge on any atom is 0.232 e. The molecule has 0 aliphatic heterocycles. The van der Waals surface area contributed by atoms with Crippen molar-refractivity contribution in [1.29, 1.82) is 0 Å². The van der Waals surface area contributed by atoms with Crippen molar-refractivity contribution in [3.8, 4) is 0 Å². The molecular weight excluding hydrogens is 302 g/mol. The van der Waals surface area contributed by atoms with Crippen LogP contribution in [0.15, 0.2) is 30.3 Å². The van der Waals surface area contributed by atoms with Crippen molar-refractivity contribution in [1.82, 2.24) is 0 Å². The third-order valence-corrected chi connectivity index (χ3v) is 2.94. The van der Waals surface area contributed by atoms with Gasteiger partial charge in [0, 0.05) is 4.92 Å². The Morgan fingerprint density at radius 1 is 1.31 bits per heavy atom. The molecule has 0 spiro atoms. The van der Waals surface area contributed by atoms with E-state index in [2.05, 4.69) is 31.9 Å². The van der Waals surface area contributed by atoms with Crippen LogP contribution in [-0.4, -0.2) is 11.5 Å². The van der Waals surface area contributed by atoms with Crippen LogP contribution in [0.4, 0.5) is 0 Å². The zero-order valence-corrected chi connectivity index (χ0v) is 9.79. The topological polar surface area (TPSA) is 43.1 Å². The maximum atomic E-state index is 10.3. The van der Waals surface area contributed by atoms with Crippen LogP contribution in [0.5, 0.6) is 0 Å². The Balaban J connectivity index is 2.87. The highest BCUT2D eigenvalue weighted by atomic mass is 79.9. The highest BCUT2D eigenvalue weighted by Gasteiger charge is 2.31. The van der Waals surface area contributed by atoms with E-state index in [1.54, 1.807) is 0 Å². The minimum atomic E-state index is -0.759. The van der Waals surface area contributed by atoms with Gasteiger partial charge in [-0.2, -0.15) is 0 Å². The lowest BCUT2D eigenvalue weighted by molar-refractivity contribution is -0.481. The average molecular weight is 309 g/mol. The second-order valence-electron chi connectivity index (χ2n) is 2.56. The summed E-state index contributed by atoms with van der Waals surface area (Å²) in [6.45, 7) is -0.197. The highest BCUT2D eigenvalue weighted by molar-refractivity contribution is 9.24. The van der Waals surface area contributed by atoms with E-state index < -0.39 is 3.23 Å². The number of benzene rings is 1. The van der Waals surface area contributed by atoms with Crippen LogP contribution in [0.1, 0.15) is 5.56 Å². The van der Waals surface area contributed by atoms with Crippen molar-refractivity contribution >= 4 is 31.9 Å². The van der Waals surface area contributed by atoms with Crippen molar-refractivity contribution in [2.45, 2.75) is 3.23 Å². The normalized spacial score (nSPS) is 11.2. The van der Waals surface area contributed by atoms with Gasteiger partial charge in [-0.1, -0.05) is 62.2 Å². The predicted octanol–water partition coefficient (Wildman–Crippen LogP) is 2.91. The number of alkyl halides is 2. The van der Waals surface area contributed by atoms with E-state index in [-0.39, 0.29) is 11.5 Å². The Morgan fingerprint density at radius 3 is 2.31 bits per heavy atom. The van der Waals surface area contributed by atoms with E-state index in [1.165, 1.54) is 0 Å². The fourth-order valence-electron chi connectivity index (χ4n) is 0.935. The molecule has 0 unspecified atom stereocenters. The summed E-state index contributed by atoms with van der Waals surface area (Å²) in [4.78, 5) is 9.97. The first-order chi connectivity index (χ1) is 6.02. The molecule has 70 valence electrons. The molecule has 1 aromatic rings. The first-order valence-electron chi connectivity index (χ1n) is 3.57. The van der Waals surface area contributed by atoms with Crippen molar-refractivity contribution < 1.29 is 4.92 Å². The molecule has 0 heterocycles. The molecule has 0 fully saturated rings. The predicted molar refractivity (Wildman–Crippen MR) is 57.8 cm³/mol. The zero-order valence-electron chi connectivity index (χ0n) is 6.61. The summed E-state index contributed by atoms with van der Waals surface area (Å²) in [7, 11) is 0. The molecule has 0 aliphatic rings. The van der Waals surface area contributed by atoms with E-state index in [0.717, 1.165) is 5.56 Å². The van der Waals surface area contributed by atoms with Gasteiger partial charge in [0.05, 0.1) is 0 Å². The summed E-state index contributed by atoms with van der Waals surface area (Å²) < 4.78 is -0.759. The van der Waals surface area contributed by atoms with Gasteiger partial charge in [-0.15, -0.1) is 0 Å². The summed E-state index contributed by atoms with van der Waals surface area (Å²) >= 11 is 6.53. The van der Waals surface area contributed by atoms with Crippen molar-refractivity contribution in [3.05, 3.63) is 46.0 Å². The van der Waals surface area contributed by atoms with Crippen molar-refractivity contribution in [2.75, 3.05) is 6.54 Å². The van der Waals surface area contributed by atoms with Gasteiger partial charge in [0.1, 0.15) is 0 Å². The molecule has 0 bridgehead atoms. The van der Waals surface area contributed by atoms with Gasteiger partial charge in [-0.25, -0.2) is 0 Å². The Bertz CT molecular complexity index is 300. The number of rotatable bonds is 3. The second-order valence-corrected chi connectivity index (χ2v) is 6.33. The maximum absolute atomic E-state index is 10.3. The quantitative estimate of drug-likeness (QED) is 0.489. The van der Waals surface area contributed by atoms with Crippen LogP contribution in [0.25, 0.3) is 0 Å². The lowest BCUT2D eigenvalue weighted by atomic mass is 10.1. The molecule has 0 radical (unpaired) electrons. The standard InChI is InChI=1S/C8H7Br2NO2/c9-8(10,6-11(12)13)7-4-2-1-3-5-7/h1-5H,6H2. The molecular formula is C8H7Br2NO2. The average Bonchev–Trinajstić information content (AvgIpc) is 2.04. The minimum Gasteiger partial charge on any atom is -0.264 e. The third kappa shape index (κ3) is 3.08. The van der Waals surface area contributed by atoms with E-state index >= 15 is 0 Å². The van der Waals surface area contributed by atoms with Crippen LogP contribution < -0.4 is 0 Å². The molecule has 0 saturated heterocycles. The monoisotopic (exact) mass is 307 g/mol. The molecule has 0 N–H and O–H groups in total. The first kappa shape index (κ1) is 10.7. The Hall–Kier alpha value is -0.420. The number of hydrogen-bond donors (Lipinski definition) is 0. The van der Waals surface area contributed by atoms with Crippen molar-refractivity contribution in [2.24, 2.45) is 0 Å². The Morgan fingerprint density at radius 2 is 1.85 bits per heavy atom. The van der Waals surface area contributed by atoms with Gasteiger partial charge in [-0.3, -0.25) is 10.1 Å². The van der Waals surface area contributed by atoms with E-state index in [1.807, 2.05) is 30.3 Å². The fraction of sp³-hybridized carbons (Fsp3) is 0.250. The number of hydrogen-bond acceptors (Lipinski definition) is 2. The minimum absolute atomic E-state index is 0.197. The molecule has 0 atom stereocenters. The molecule has 0 aromatic heterocycles. The Kier molecular flexibility index (Phi) is 3.44. The summed E-state index contributed by atoms with van der Waals surface area (Å²) in [5.41, 5.74) is 0.840. The van der Waals surface area contributed by atoms with E-state index in [0.29, 0.717) is 0 Å². The SMILES string of the molecule is O=[N+]([O-])CC(Br)(Br)c1ccccc1. The highest BCUT2D eigenvalue weighted by Crippen LogP contribution is 2.37. The molecule has 1 aromatic carbocycles. The molecule has 0 saturated carbocycles. The first-order valence-corrected chi connectivity index (χ1v) is 5.16. The lowest BCUT2D eigenvalue weighted by Crippen LogP contribution is -2.20. The molecule has 0 amide bonds. The second kappa shape index (κ2) is 4.19. The summed E-state index contributed by atoms with van der Waals surface area (Å²) in [6, 6.07) is 9.20. The summed E-state index contributed by atoms with van der Waals surface area (Å²) in [5.74, 6) is 0. The van der Waals surface area contributed by atoms with Crippen LogP contribution in [-0.2, 0) is 3.23 Å². The molecule has 0 aliphatic carbocycles. The van der Waals surface area contributed by atoms with Gasteiger partial charge in [0.2, 0.25) is 6.54 Å². The van der Waals surface area contributed by atoms with Crippen LogP contribution >= 0.6 is 31.9 Å². The third-order valence-electron chi connectivity index (χ3n) is 1.52. The van der Waals surface area contributed by atoms with Crippen LogP contribution in [0.3, 0.4) is 0 Å². The molecule has 3 nitrogen and oxygen atoms in total. The largest absolute Gasteiger partial charge is 0.264 e. The van der Waals surface area contributed by atoms with E-state index in [9.17, 15) is 10.1 Å². The number of nitrogens with zero attached hydrogens (tertiary/aromatic N) is 1. The van der Waals surface area contributed by atoms with Gasteiger partial charge in [0.15, 0.2) is 3.23 Å². The Labute approximate surface area is 92.5 Å². The summed E-state index contributed by atoms with van der Waals surface area (Å²) in [5, 5.41) is 10.3. The molecule has 5 heteroatoms. The van der Waals surface area contributed by atoms with Gasteiger partial charge >= 0.3 is 0 Å². The molecule has 13 heavy (non-hydrogen) atoms.